The fraction of sp³-hybridized carbons (Fsp3) is 0.588. The second kappa shape index (κ2) is 6.64. The second-order valence-electron chi connectivity index (χ2n) is 6.68. The van der Waals surface area contributed by atoms with Crippen LogP contribution in [0.2, 0.25) is 0 Å². The Labute approximate surface area is 145 Å². The Morgan fingerprint density at radius 2 is 2.12 bits per heavy atom. The van der Waals surface area contributed by atoms with Gasteiger partial charge in [0.1, 0.15) is 0 Å². The minimum absolute atomic E-state index is 0.156. The standard InChI is InChI=1S/C17H23N5OS/c1-11-13-4-2-3-5-15(13)24-17(11)19-16(23)14-10-22(21-20-14)12-6-8-18-9-7-12/h10,12,18H,2-9H2,1H3,(H,19,23). The number of aryl methyl sites for hydroxylation is 1. The summed E-state index contributed by atoms with van der Waals surface area (Å²) < 4.78 is 1.85. The van der Waals surface area contributed by atoms with Crippen LogP contribution in [0.15, 0.2) is 6.20 Å². The number of anilines is 1. The molecule has 6 nitrogen and oxygen atoms in total. The Morgan fingerprint density at radius 3 is 2.92 bits per heavy atom. The van der Waals surface area contributed by atoms with E-state index in [1.807, 2.05) is 4.68 Å². The molecule has 7 heteroatoms. The Morgan fingerprint density at radius 1 is 1.33 bits per heavy atom. The van der Waals surface area contributed by atoms with Gasteiger partial charge in [-0.3, -0.25) is 4.79 Å². The molecule has 24 heavy (non-hydrogen) atoms. The van der Waals surface area contributed by atoms with Gasteiger partial charge in [-0.1, -0.05) is 5.21 Å². The summed E-state index contributed by atoms with van der Waals surface area (Å²) in [7, 11) is 0. The maximum absolute atomic E-state index is 12.5. The van der Waals surface area contributed by atoms with E-state index in [1.54, 1.807) is 17.5 Å². The van der Waals surface area contributed by atoms with E-state index < -0.39 is 0 Å². The summed E-state index contributed by atoms with van der Waals surface area (Å²) in [5, 5.41) is 15.6. The molecule has 0 spiro atoms. The molecule has 0 aromatic carbocycles. The number of fused-ring (bicyclic) bond motifs is 1. The number of thiophene rings is 1. The maximum Gasteiger partial charge on any atom is 0.278 e. The molecule has 0 saturated carbocycles. The minimum Gasteiger partial charge on any atom is -0.317 e. The summed E-state index contributed by atoms with van der Waals surface area (Å²) in [5.41, 5.74) is 3.08. The van der Waals surface area contributed by atoms with Gasteiger partial charge < -0.3 is 10.6 Å². The zero-order chi connectivity index (χ0) is 16.5. The van der Waals surface area contributed by atoms with Gasteiger partial charge in [-0.15, -0.1) is 16.4 Å². The number of aromatic nitrogens is 3. The first-order valence-corrected chi connectivity index (χ1v) is 9.59. The van der Waals surface area contributed by atoms with Crippen LogP contribution in [0.25, 0.3) is 0 Å². The van der Waals surface area contributed by atoms with Crippen LogP contribution in [0.5, 0.6) is 0 Å². The van der Waals surface area contributed by atoms with Gasteiger partial charge in [-0.05, 0) is 69.7 Å². The third kappa shape index (κ3) is 2.98. The van der Waals surface area contributed by atoms with Crippen molar-refractivity contribution in [2.45, 2.75) is 51.5 Å². The molecule has 0 radical (unpaired) electrons. The largest absolute Gasteiger partial charge is 0.317 e. The van der Waals surface area contributed by atoms with Crippen molar-refractivity contribution in [3.8, 4) is 0 Å². The first-order chi connectivity index (χ1) is 11.7. The number of hydrogen-bond donors (Lipinski definition) is 2. The van der Waals surface area contributed by atoms with Crippen molar-refractivity contribution in [2.24, 2.45) is 0 Å². The first kappa shape index (κ1) is 15.8. The third-order valence-electron chi connectivity index (χ3n) is 5.09. The van der Waals surface area contributed by atoms with Gasteiger partial charge in [0.05, 0.1) is 17.2 Å². The zero-order valence-corrected chi connectivity index (χ0v) is 14.8. The highest BCUT2D eigenvalue weighted by atomic mass is 32.1. The van der Waals surface area contributed by atoms with Crippen molar-refractivity contribution in [3.63, 3.8) is 0 Å². The van der Waals surface area contributed by atoms with Crippen molar-refractivity contribution < 1.29 is 4.79 Å². The summed E-state index contributed by atoms with van der Waals surface area (Å²) in [5.74, 6) is -0.156. The molecule has 4 rings (SSSR count). The fourth-order valence-corrected chi connectivity index (χ4v) is 4.93. The quantitative estimate of drug-likeness (QED) is 0.897. The SMILES string of the molecule is Cc1c(NC(=O)c2cn(C3CCNCC3)nn2)sc2c1CCCC2. The minimum atomic E-state index is -0.156. The molecule has 2 aromatic rings. The number of rotatable bonds is 3. The molecule has 1 fully saturated rings. The molecule has 0 atom stereocenters. The van der Waals surface area contributed by atoms with Crippen molar-refractivity contribution in [2.75, 3.05) is 18.4 Å². The molecular formula is C17H23N5OS. The first-order valence-electron chi connectivity index (χ1n) is 8.77. The average molecular weight is 345 g/mol. The lowest BCUT2D eigenvalue weighted by Gasteiger charge is -2.22. The topological polar surface area (TPSA) is 71.8 Å². The molecule has 1 aliphatic carbocycles. The van der Waals surface area contributed by atoms with Crippen LogP contribution in [0.3, 0.4) is 0 Å². The molecular weight excluding hydrogens is 322 g/mol. The van der Waals surface area contributed by atoms with E-state index in [2.05, 4.69) is 27.9 Å². The molecule has 2 aliphatic rings. The van der Waals surface area contributed by atoms with Crippen LogP contribution >= 0.6 is 11.3 Å². The van der Waals surface area contributed by atoms with Crippen LogP contribution < -0.4 is 10.6 Å². The highest BCUT2D eigenvalue weighted by Gasteiger charge is 2.22. The van der Waals surface area contributed by atoms with Crippen molar-refractivity contribution in [1.29, 1.82) is 0 Å². The number of nitrogens with zero attached hydrogens (tertiary/aromatic N) is 3. The van der Waals surface area contributed by atoms with E-state index in [-0.39, 0.29) is 5.91 Å². The lowest BCUT2D eigenvalue weighted by molar-refractivity contribution is 0.102. The van der Waals surface area contributed by atoms with Crippen LogP contribution in [0.4, 0.5) is 5.00 Å². The average Bonchev–Trinajstić information content (AvgIpc) is 3.22. The molecule has 128 valence electrons. The highest BCUT2D eigenvalue weighted by Crippen LogP contribution is 2.37. The van der Waals surface area contributed by atoms with Gasteiger partial charge in [0.2, 0.25) is 0 Å². The summed E-state index contributed by atoms with van der Waals surface area (Å²) in [6.45, 7) is 4.10. The van der Waals surface area contributed by atoms with E-state index in [0.29, 0.717) is 11.7 Å². The van der Waals surface area contributed by atoms with Gasteiger partial charge in [0.15, 0.2) is 5.69 Å². The number of amides is 1. The Kier molecular flexibility index (Phi) is 4.37. The third-order valence-corrected chi connectivity index (χ3v) is 6.40. The number of nitrogens with one attached hydrogen (secondary N) is 2. The lowest BCUT2D eigenvalue weighted by Crippen LogP contribution is -2.29. The molecule has 1 saturated heterocycles. The number of carbonyl (C=O) groups is 1. The Balaban J connectivity index is 1.48. The van der Waals surface area contributed by atoms with Crippen LogP contribution in [0.1, 0.15) is 58.2 Å². The fourth-order valence-electron chi connectivity index (χ4n) is 3.64. The summed E-state index contributed by atoms with van der Waals surface area (Å²) >= 11 is 1.72. The van der Waals surface area contributed by atoms with E-state index in [4.69, 9.17) is 0 Å². The van der Waals surface area contributed by atoms with Crippen molar-refractivity contribution in [1.82, 2.24) is 20.3 Å². The van der Waals surface area contributed by atoms with Gasteiger partial charge in [-0.25, -0.2) is 4.68 Å². The van der Waals surface area contributed by atoms with Gasteiger partial charge in [-0.2, -0.15) is 0 Å². The molecule has 1 amide bonds. The molecule has 0 bridgehead atoms. The summed E-state index contributed by atoms with van der Waals surface area (Å²) in [6, 6.07) is 0.344. The predicted molar refractivity (Wildman–Crippen MR) is 94.8 cm³/mol. The zero-order valence-electron chi connectivity index (χ0n) is 14.0. The summed E-state index contributed by atoms with van der Waals surface area (Å²) in [4.78, 5) is 14.0. The van der Waals surface area contributed by atoms with E-state index in [0.717, 1.165) is 43.8 Å². The molecule has 2 aromatic heterocycles. The second-order valence-corrected chi connectivity index (χ2v) is 7.79. The maximum atomic E-state index is 12.5. The van der Waals surface area contributed by atoms with Gasteiger partial charge in [0, 0.05) is 4.88 Å². The smallest absolute Gasteiger partial charge is 0.278 e. The molecule has 2 N–H and O–H groups in total. The van der Waals surface area contributed by atoms with Crippen molar-refractivity contribution >= 4 is 22.2 Å². The molecule has 1 aliphatic heterocycles. The van der Waals surface area contributed by atoms with Gasteiger partial charge >= 0.3 is 0 Å². The molecule has 3 heterocycles. The number of carbonyl (C=O) groups excluding carboxylic acids is 1. The lowest BCUT2D eigenvalue weighted by atomic mass is 9.96. The number of piperidine rings is 1. The Bertz CT molecular complexity index is 744. The van der Waals surface area contributed by atoms with Crippen LogP contribution in [-0.4, -0.2) is 34.0 Å². The highest BCUT2D eigenvalue weighted by molar-refractivity contribution is 7.16. The van der Waals surface area contributed by atoms with E-state index in [9.17, 15) is 4.79 Å². The van der Waals surface area contributed by atoms with Gasteiger partial charge in [0.25, 0.3) is 5.91 Å². The van der Waals surface area contributed by atoms with E-state index in [1.165, 1.54) is 28.8 Å². The van der Waals surface area contributed by atoms with Crippen molar-refractivity contribution in [3.05, 3.63) is 27.9 Å². The number of hydrogen-bond acceptors (Lipinski definition) is 5. The van der Waals surface area contributed by atoms with E-state index >= 15 is 0 Å². The normalized spacial score (nSPS) is 18.4. The monoisotopic (exact) mass is 345 g/mol. The summed E-state index contributed by atoms with van der Waals surface area (Å²) in [6.07, 6.45) is 8.63. The van der Waals surface area contributed by atoms with Crippen LogP contribution in [-0.2, 0) is 12.8 Å². The molecule has 0 unspecified atom stereocenters. The Hall–Kier alpha value is -1.73. The van der Waals surface area contributed by atoms with Crippen LogP contribution in [0, 0.1) is 6.92 Å². The predicted octanol–water partition coefficient (Wildman–Crippen LogP) is 2.70.